The zero-order valence-corrected chi connectivity index (χ0v) is 17.3. The molecule has 0 aliphatic carbocycles. The Balaban J connectivity index is 1.65. The average Bonchev–Trinajstić information content (AvgIpc) is 2.90. The Morgan fingerprint density at radius 3 is 2.33 bits per heavy atom. The van der Waals surface area contributed by atoms with Crippen LogP contribution in [0.2, 0.25) is 0 Å². The monoisotopic (exact) mass is 394 g/mol. The molecule has 1 aromatic rings. The normalized spacial score (nSPS) is 20.6. The third-order valence-electron chi connectivity index (χ3n) is 5.80. The van der Waals surface area contributed by atoms with E-state index in [4.69, 9.17) is 4.74 Å². The first-order chi connectivity index (χ1) is 12.8. The second kappa shape index (κ2) is 7.89. The van der Waals surface area contributed by atoms with E-state index < -0.39 is 10.0 Å². The number of carbonyl (C=O) groups excluding carboxylic acids is 1. The molecule has 2 aliphatic rings. The predicted octanol–water partition coefficient (Wildman–Crippen LogP) is 2.34. The maximum atomic E-state index is 13.0. The molecule has 2 saturated heterocycles. The van der Waals surface area contributed by atoms with Gasteiger partial charge in [-0.2, -0.15) is 4.31 Å². The van der Waals surface area contributed by atoms with E-state index in [0.29, 0.717) is 31.0 Å². The van der Waals surface area contributed by atoms with E-state index in [1.54, 1.807) is 23.5 Å². The summed E-state index contributed by atoms with van der Waals surface area (Å²) in [7, 11) is -1.81. The molecule has 150 valence electrons. The first kappa shape index (κ1) is 20.3. The number of hydrogen-bond acceptors (Lipinski definition) is 4. The van der Waals surface area contributed by atoms with Crippen LogP contribution in [0.5, 0.6) is 0 Å². The number of carbonyl (C=O) groups is 1. The largest absolute Gasteiger partial charge is 0.385 e. The van der Waals surface area contributed by atoms with Crippen LogP contribution in [0, 0.1) is 19.3 Å². The van der Waals surface area contributed by atoms with Gasteiger partial charge in [-0.3, -0.25) is 4.79 Å². The van der Waals surface area contributed by atoms with E-state index in [1.807, 2.05) is 24.8 Å². The highest BCUT2D eigenvalue weighted by atomic mass is 32.2. The van der Waals surface area contributed by atoms with Crippen molar-refractivity contribution < 1.29 is 17.9 Å². The first-order valence-electron chi connectivity index (χ1n) is 9.61. The van der Waals surface area contributed by atoms with Crippen molar-refractivity contribution in [2.45, 2.75) is 44.4 Å². The molecule has 0 radical (unpaired) electrons. The summed E-state index contributed by atoms with van der Waals surface area (Å²) < 4.78 is 32.7. The van der Waals surface area contributed by atoms with Crippen LogP contribution in [-0.4, -0.2) is 63.4 Å². The minimum atomic E-state index is -3.48. The van der Waals surface area contributed by atoms with Crippen molar-refractivity contribution >= 4 is 15.9 Å². The highest BCUT2D eigenvalue weighted by molar-refractivity contribution is 7.89. The van der Waals surface area contributed by atoms with E-state index in [9.17, 15) is 13.2 Å². The van der Waals surface area contributed by atoms with Gasteiger partial charge in [0, 0.05) is 46.3 Å². The number of amides is 1. The molecule has 0 bridgehead atoms. The van der Waals surface area contributed by atoms with Crippen LogP contribution in [0.25, 0.3) is 0 Å². The van der Waals surface area contributed by atoms with Crippen molar-refractivity contribution in [3.63, 3.8) is 0 Å². The number of ether oxygens (including phenoxy) is 1. The number of nitrogens with zero attached hydrogens (tertiary/aromatic N) is 2. The minimum Gasteiger partial charge on any atom is -0.385 e. The number of methoxy groups -OCH3 is 1. The lowest BCUT2D eigenvalue weighted by molar-refractivity contribution is -0.128. The van der Waals surface area contributed by atoms with Gasteiger partial charge in [-0.1, -0.05) is 6.07 Å². The van der Waals surface area contributed by atoms with Gasteiger partial charge < -0.3 is 9.64 Å². The zero-order valence-electron chi connectivity index (χ0n) is 16.5. The Hall–Kier alpha value is -1.44. The van der Waals surface area contributed by atoms with E-state index >= 15 is 0 Å². The summed E-state index contributed by atoms with van der Waals surface area (Å²) >= 11 is 0. The summed E-state index contributed by atoms with van der Waals surface area (Å²) in [5.74, 6) is 0.191. The van der Waals surface area contributed by atoms with Crippen LogP contribution < -0.4 is 0 Å². The SMILES string of the molecule is COCCCN1CC2(CCN(S(=O)(=O)c3cc(C)cc(C)c3)CC2)CC1=O. The molecule has 0 saturated carbocycles. The van der Waals surface area contributed by atoms with E-state index in [2.05, 4.69) is 0 Å². The van der Waals surface area contributed by atoms with Gasteiger partial charge in [-0.05, 0) is 61.8 Å². The van der Waals surface area contributed by atoms with E-state index in [0.717, 1.165) is 43.5 Å². The number of sulfonamides is 1. The van der Waals surface area contributed by atoms with Crippen molar-refractivity contribution in [3.8, 4) is 0 Å². The average molecular weight is 395 g/mol. The van der Waals surface area contributed by atoms with Crippen LogP contribution in [0.1, 0.15) is 36.8 Å². The summed E-state index contributed by atoms with van der Waals surface area (Å²) in [6.07, 6.45) is 2.86. The van der Waals surface area contributed by atoms with Crippen molar-refractivity contribution in [2.24, 2.45) is 5.41 Å². The number of benzene rings is 1. The lowest BCUT2D eigenvalue weighted by Crippen LogP contribution is -2.44. The third kappa shape index (κ3) is 4.36. The second-order valence-electron chi connectivity index (χ2n) is 8.07. The summed E-state index contributed by atoms with van der Waals surface area (Å²) in [4.78, 5) is 14.7. The summed E-state index contributed by atoms with van der Waals surface area (Å²) in [6, 6.07) is 5.46. The minimum absolute atomic E-state index is 0.0707. The number of rotatable bonds is 6. The number of likely N-dealkylation sites (tertiary alicyclic amines) is 1. The fourth-order valence-corrected chi connectivity index (χ4v) is 5.98. The highest BCUT2D eigenvalue weighted by Gasteiger charge is 2.46. The van der Waals surface area contributed by atoms with Gasteiger partial charge in [0.15, 0.2) is 0 Å². The number of aryl methyl sites for hydroxylation is 2. The summed E-state index contributed by atoms with van der Waals surface area (Å²) in [5, 5.41) is 0. The van der Waals surface area contributed by atoms with Gasteiger partial charge in [-0.15, -0.1) is 0 Å². The van der Waals surface area contributed by atoms with Crippen LogP contribution in [0.15, 0.2) is 23.1 Å². The van der Waals surface area contributed by atoms with Crippen molar-refractivity contribution in [3.05, 3.63) is 29.3 Å². The van der Waals surface area contributed by atoms with Crippen molar-refractivity contribution in [1.29, 1.82) is 0 Å². The molecule has 1 aromatic carbocycles. The third-order valence-corrected chi connectivity index (χ3v) is 7.67. The Kier molecular flexibility index (Phi) is 5.93. The smallest absolute Gasteiger partial charge is 0.243 e. The van der Waals surface area contributed by atoms with Gasteiger partial charge in [0.05, 0.1) is 4.90 Å². The molecule has 0 atom stereocenters. The maximum absolute atomic E-state index is 13.0. The molecule has 3 rings (SSSR count). The van der Waals surface area contributed by atoms with Crippen LogP contribution in [0.4, 0.5) is 0 Å². The molecular weight excluding hydrogens is 364 g/mol. The fourth-order valence-electron chi connectivity index (χ4n) is 4.35. The Morgan fingerprint density at radius 2 is 1.74 bits per heavy atom. The van der Waals surface area contributed by atoms with Crippen LogP contribution in [0.3, 0.4) is 0 Å². The van der Waals surface area contributed by atoms with Crippen molar-refractivity contribution in [2.75, 3.05) is 39.9 Å². The fraction of sp³-hybridized carbons (Fsp3) is 0.650. The maximum Gasteiger partial charge on any atom is 0.243 e. The Morgan fingerprint density at radius 1 is 1.11 bits per heavy atom. The molecule has 1 spiro atoms. The first-order valence-corrected chi connectivity index (χ1v) is 11.0. The molecule has 0 aromatic heterocycles. The predicted molar refractivity (Wildman–Crippen MR) is 104 cm³/mol. The van der Waals surface area contributed by atoms with Gasteiger partial charge >= 0.3 is 0 Å². The molecule has 0 unspecified atom stereocenters. The number of hydrogen-bond donors (Lipinski definition) is 0. The molecular formula is C20H30N2O4S. The zero-order chi connectivity index (χ0) is 19.7. The Bertz CT molecular complexity index is 778. The highest BCUT2D eigenvalue weighted by Crippen LogP contribution is 2.42. The lowest BCUT2D eigenvalue weighted by Gasteiger charge is -2.38. The van der Waals surface area contributed by atoms with Crippen LogP contribution in [-0.2, 0) is 19.6 Å². The molecule has 1 amide bonds. The molecule has 2 aliphatic heterocycles. The van der Waals surface area contributed by atoms with Gasteiger partial charge in [0.25, 0.3) is 0 Å². The topological polar surface area (TPSA) is 66.9 Å². The van der Waals surface area contributed by atoms with E-state index in [-0.39, 0.29) is 11.3 Å². The summed E-state index contributed by atoms with van der Waals surface area (Å²) in [5.41, 5.74) is 1.84. The molecule has 2 heterocycles. The standard InChI is InChI=1S/C20H30N2O4S/c1-16-11-17(2)13-18(12-16)27(24,25)22-8-5-20(6-9-22)14-19(23)21(15-20)7-4-10-26-3/h11-13H,4-10,14-15H2,1-3H3. The number of piperidine rings is 1. The molecule has 27 heavy (non-hydrogen) atoms. The summed E-state index contributed by atoms with van der Waals surface area (Å²) in [6.45, 7) is 6.91. The van der Waals surface area contributed by atoms with Crippen molar-refractivity contribution in [1.82, 2.24) is 9.21 Å². The second-order valence-corrected chi connectivity index (χ2v) is 10.0. The van der Waals surface area contributed by atoms with Gasteiger partial charge in [-0.25, -0.2) is 8.42 Å². The molecule has 7 heteroatoms. The molecule has 2 fully saturated rings. The Labute approximate surface area is 162 Å². The molecule has 6 nitrogen and oxygen atoms in total. The quantitative estimate of drug-likeness (QED) is 0.695. The van der Waals surface area contributed by atoms with Crippen LogP contribution >= 0.6 is 0 Å². The van der Waals surface area contributed by atoms with Gasteiger partial charge in [0.2, 0.25) is 15.9 Å². The van der Waals surface area contributed by atoms with E-state index in [1.165, 1.54) is 0 Å². The lowest BCUT2D eigenvalue weighted by atomic mass is 9.78. The molecule has 0 N–H and O–H groups in total. The van der Waals surface area contributed by atoms with Gasteiger partial charge in [0.1, 0.15) is 0 Å².